The van der Waals surface area contributed by atoms with E-state index in [0.29, 0.717) is 19.4 Å². The molecule has 0 rings (SSSR count). The maximum Gasteiger partial charge on any atom is 0.323 e. The Hall–Kier alpha value is -0.690. The molecule has 0 aliphatic carbocycles. The molecule has 0 saturated heterocycles. The molecule has 0 spiro atoms. The standard InChI is InChI=1S/C21H44N2O4/c1-4-7-8-9-10-11-12-13-14-15-22-17(18(24)5-2)16-23-20(21(26)27)19(25)6-3/h17-20,22-25H,4-16H2,1-3H3,(H,26,27). The van der Waals surface area contributed by atoms with Crippen LogP contribution in [0, 0.1) is 0 Å². The van der Waals surface area contributed by atoms with Crippen molar-refractivity contribution in [2.24, 2.45) is 0 Å². The molecule has 0 saturated carbocycles. The lowest BCUT2D eigenvalue weighted by molar-refractivity contribution is -0.142. The summed E-state index contributed by atoms with van der Waals surface area (Å²) < 4.78 is 0. The van der Waals surface area contributed by atoms with Gasteiger partial charge in [-0.25, -0.2) is 0 Å². The van der Waals surface area contributed by atoms with Crippen molar-refractivity contribution in [1.82, 2.24) is 10.6 Å². The van der Waals surface area contributed by atoms with Crippen molar-refractivity contribution in [3.8, 4) is 0 Å². The van der Waals surface area contributed by atoms with Crippen LogP contribution in [-0.4, -0.2) is 58.7 Å². The van der Waals surface area contributed by atoms with Crippen molar-refractivity contribution in [2.45, 2.75) is 116 Å². The van der Waals surface area contributed by atoms with Gasteiger partial charge in [0, 0.05) is 12.6 Å². The molecule has 162 valence electrons. The van der Waals surface area contributed by atoms with Crippen LogP contribution in [0.25, 0.3) is 0 Å². The van der Waals surface area contributed by atoms with E-state index in [1.54, 1.807) is 6.92 Å². The van der Waals surface area contributed by atoms with E-state index in [0.717, 1.165) is 13.0 Å². The number of hydrogen-bond acceptors (Lipinski definition) is 5. The maximum atomic E-state index is 11.3. The Morgan fingerprint density at radius 1 is 0.778 bits per heavy atom. The largest absolute Gasteiger partial charge is 0.480 e. The Bertz CT molecular complexity index is 355. The summed E-state index contributed by atoms with van der Waals surface area (Å²) in [6.07, 6.45) is 10.9. The van der Waals surface area contributed by atoms with Crippen molar-refractivity contribution in [2.75, 3.05) is 13.1 Å². The second kappa shape index (κ2) is 17.4. The Morgan fingerprint density at radius 2 is 1.30 bits per heavy atom. The quantitative estimate of drug-likeness (QED) is 0.218. The summed E-state index contributed by atoms with van der Waals surface area (Å²) in [6, 6.07) is -1.22. The van der Waals surface area contributed by atoms with Gasteiger partial charge in [0.1, 0.15) is 6.04 Å². The summed E-state index contributed by atoms with van der Waals surface area (Å²) in [4.78, 5) is 11.3. The number of aliphatic carboxylic acids is 1. The third-order valence-electron chi connectivity index (χ3n) is 5.20. The zero-order chi connectivity index (χ0) is 20.5. The van der Waals surface area contributed by atoms with E-state index in [1.165, 1.54) is 51.4 Å². The first-order valence-corrected chi connectivity index (χ1v) is 11.0. The normalized spacial score (nSPS) is 16.0. The first-order valence-electron chi connectivity index (χ1n) is 11.0. The van der Waals surface area contributed by atoms with Crippen LogP contribution in [0.4, 0.5) is 0 Å². The monoisotopic (exact) mass is 388 g/mol. The van der Waals surface area contributed by atoms with Gasteiger partial charge in [-0.05, 0) is 25.8 Å². The summed E-state index contributed by atoms with van der Waals surface area (Å²) in [5, 5.41) is 35.5. The van der Waals surface area contributed by atoms with Gasteiger partial charge in [-0.3, -0.25) is 4.79 Å². The number of carboxylic acid groups (broad SMARTS) is 1. The Kier molecular flexibility index (Phi) is 17.0. The number of carboxylic acids is 1. The fourth-order valence-electron chi connectivity index (χ4n) is 3.23. The smallest absolute Gasteiger partial charge is 0.323 e. The summed E-state index contributed by atoms with van der Waals surface area (Å²) in [6.45, 7) is 7.03. The number of hydrogen-bond donors (Lipinski definition) is 5. The molecular formula is C21H44N2O4. The minimum absolute atomic E-state index is 0.213. The van der Waals surface area contributed by atoms with Gasteiger partial charge in [0.2, 0.25) is 0 Å². The third-order valence-corrected chi connectivity index (χ3v) is 5.20. The highest BCUT2D eigenvalue weighted by atomic mass is 16.4. The van der Waals surface area contributed by atoms with Gasteiger partial charge in [0.05, 0.1) is 12.2 Å². The fourth-order valence-corrected chi connectivity index (χ4v) is 3.23. The Labute approximate surface area is 166 Å². The van der Waals surface area contributed by atoms with Gasteiger partial charge < -0.3 is 26.0 Å². The van der Waals surface area contributed by atoms with E-state index in [4.69, 9.17) is 0 Å². The highest BCUT2D eigenvalue weighted by Gasteiger charge is 2.27. The van der Waals surface area contributed by atoms with Crippen molar-refractivity contribution in [3.05, 3.63) is 0 Å². The number of unbranched alkanes of at least 4 members (excludes halogenated alkanes) is 8. The van der Waals surface area contributed by atoms with E-state index in [-0.39, 0.29) is 6.04 Å². The van der Waals surface area contributed by atoms with E-state index >= 15 is 0 Å². The first kappa shape index (κ1) is 26.3. The van der Waals surface area contributed by atoms with E-state index in [2.05, 4.69) is 17.6 Å². The van der Waals surface area contributed by atoms with Crippen molar-refractivity contribution >= 4 is 5.97 Å². The number of rotatable bonds is 19. The van der Waals surface area contributed by atoms with Crippen molar-refractivity contribution in [1.29, 1.82) is 0 Å². The molecule has 4 atom stereocenters. The molecule has 6 heteroatoms. The maximum absolute atomic E-state index is 11.3. The molecule has 0 aliphatic rings. The number of aliphatic hydroxyl groups excluding tert-OH is 2. The van der Waals surface area contributed by atoms with Gasteiger partial charge in [-0.15, -0.1) is 0 Å². The van der Waals surface area contributed by atoms with Crippen LogP contribution in [0.1, 0.15) is 91.4 Å². The van der Waals surface area contributed by atoms with E-state index < -0.39 is 24.2 Å². The Balaban J connectivity index is 4.05. The molecule has 0 fully saturated rings. The van der Waals surface area contributed by atoms with Crippen LogP contribution >= 0.6 is 0 Å². The lowest BCUT2D eigenvalue weighted by atomic mass is 10.0. The zero-order valence-corrected chi connectivity index (χ0v) is 17.8. The molecule has 0 heterocycles. The van der Waals surface area contributed by atoms with E-state index in [9.17, 15) is 20.1 Å². The van der Waals surface area contributed by atoms with Gasteiger partial charge >= 0.3 is 5.97 Å². The average molecular weight is 389 g/mol. The first-order chi connectivity index (χ1) is 13.0. The van der Waals surface area contributed by atoms with Crippen molar-refractivity contribution < 1.29 is 20.1 Å². The summed E-state index contributed by atoms with van der Waals surface area (Å²) >= 11 is 0. The second-order valence-electron chi connectivity index (χ2n) is 7.56. The number of carbonyl (C=O) groups is 1. The predicted molar refractivity (Wildman–Crippen MR) is 111 cm³/mol. The molecular weight excluding hydrogens is 344 g/mol. The van der Waals surface area contributed by atoms with Crippen LogP contribution in [0.2, 0.25) is 0 Å². The molecule has 0 amide bonds. The van der Waals surface area contributed by atoms with Gasteiger partial charge in [0.15, 0.2) is 0 Å². The third kappa shape index (κ3) is 13.2. The zero-order valence-electron chi connectivity index (χ0n) is 17.8. The summed E-state index contributed by atoms with van der Waals surface area (Å²) in [5.74, 6) is -1.06. The van der Waals surface area contributed by atoms with Crippen LogP contribution in [-0.2, 0) is 4.79 Å². The number of aliphatic hydroxyl groups is 2. The molecule has 0 radical (unpaired) electrons. The molecule has 5 N–H and O–H groups in total. The van der Waals surface area contributed by atoms with Crippen LogP contribution in [0.15, 0.2) is 0 Å². The molecule has 6 nitrogen and oxygen atoms in total. The summed E-state index contributed by atoms with van der Waals surface area (Å²) in [7, 11) is 0. The lowest BCUT2D eigenvalue weighted by Crippen LogP contribution is -2.53. The molecule has 0 aliphatic heterocycles. The molecule has 27 heavy (non-hydrogen) atoms. The highest BCUT2D eigenvalue weighted by Crippen LogP contribution is 2.09. The van der Waals surface area contributed by atoms with Gasteiger partial charge in [0.25, 0.3) is 0 Å². The lowest BCUT2D eigenvalue weighted by Gasteiger charge is -2.27. The van der Waals surface area contributed by atoms with Gasteiger partial charge in [-0.2, -0.15) is 0 Å². The molecule has 4 unspecified atom stereocenters. The molecule has 0 aromatic carbocycles. The second-order valence-corrected chi connectivity index (χ2v) is 7.56. The molecule has 0 aromatic rings. The molecule has 0 bridgehead atoms. The topological polar surface area (TPSA) is 102 Å². The summed E-state index contributed by atoms with van der Waals surface area (Å²) in [5.41, 5.74) is 0. The Morgan fingerprint density at radius 3 is 1.78 bits per heavy atom. The highest BCUT2D eigenvalue weighted by molar-refractivity contribution is 5.74. The number of nitrogens with one attached hydrogen (secondary N) is 2. The van der Waals surface area contributed by atoms with Crippen molar-refractivity contribution in [3.63, 3.8) is 0 Å². The van der Waals surface area contributed by atoms with E-state index in [1.807, 2.05) is 6.92 Å². The van der Waals surface area contributed by atoms with Gasteiger partial charge in [-0.1, -0.05) is 72.1 Å². The fraction of sp³-hybridized carbons (Fsp3) is 0.952. The average Bonchev–Trinajstić information content (AvgIpc) is 2.66. The van der Waals surface area contributed by atoms with Crippen LogP contribution < -0.4 is 10.6 Å². The minimum atomic E-state index is -1.06. The molecule has 0 aromatic heterocycles. The van der Waals surface area contributed by atoms with Crippen LogP contribution in [0.5, 0.6) is 0 Å². The van der Waals surface area contributed by atoms with Crippen LogP contribution in [0.3, 0.4) is 0 Å². The SMILES string of the molecule is CCCCCCCCCCCNC(CNC(C(=O)O)C(O)CC)C(O)CC. The minimum Gasteiger partial charge on any atom is -0.480 e. The predicted octanol–water partition coefficient (Wildman–Crippen LogP) is 3.06.